The maximum absolute atomic E-state index is 13.7. The van der Waals surface area contributed by atoms with Crippen molar-refractivity contribution in [2.24, 2.45) is 0 Å². The van der Waals surface area contributed by atoms with E-state index in [0.717, 1.165) is 11.1 Å². The van der Waals surface area contributed by atoms with Crippen LogP contribution in [0.25, 0.3) is 0 Å². The predicted molar refractivity (Wildman–Crippen MR) is 70.5 cm³/mol. The summed E-state index contributed by atoms with van der Waals surface area (Å²) in [6, 6.07) is 5.32. The number of nitrogens with zero attached hydrogens (tertiary/aromatic N) is 2. The average molecular weight is 279 g/mol. The minimum Gasteiger partial charge on any atom is -0.478 e. The van der Waals surface area contributed by atoms with Crippen molar-refractivity contribution in [1.82, 2.24) is 9.97 Å². The lowest BCUT2D eigenvalue weighted by Gasteiger charge is -2.07. The molecule has 2 aromatic rings. The Morgan fingerprint density at radius 1 is 1.37 bits per heavy atom. The van der Waals surface area contributed by atoms with E-state index in [4.69, 9.17) is 5.11 Å². The summed E-state index contributed by atoms with van der Waals surface area (Å²) < 4.78 is 13.7. The Morgan fingerprint density at radius 2 is 2.16 bits per heavy atom. The van der Waals surface area contributed by atoms with Gasteiger partial charge in [-0.2, -0.15) is 0 Å². The zero-order valence-electron chi connectivity index (χ0n) is 9.92. The number of hydrogen-bond acceptors (Lipinski definition) is 5. The van der Waals surface area contributed by atoms with Crippen LogP contribution in [0.1, 0.15) is 10.4 Å². The zero-order chi connectivity index (χ0) is 13.8. The van der Waals surface area contributed by atoms with Crippen molar-refractivity contribution < 1.29 is 14.3 Å². The molecule has 0 aliphatic heterocycles. The van der Waals surface area contributed by atoms with Gasteiger partial charge in [0.05, 0.1) is 11.3 Å². The maximum Gasteiger partial charge on any atom is 0.335 e. The number of nitrogens with one attached hydrogen (secondary N) is 1. The molecule has 0 atom stereocenters. The number of carbonyl (C=O) groups is 1. The van der Waals surface area contributed by atoms with E-state index in [-0.39, 0.29) is 11.3 Å². The fourth-order valence-corrected chi connectivity index (χ4v) is 1.79. The van der Waals surface area contributed by atoms with Gasteiger partial charge in [-0.25, -0.2) is 19.2 Å². The van der Waals surface area contributed by atoms with Gasteiger partial charge in [-0.15, -0.1) is 11.8 Å². The molecule has 0 fully saturated rings. The molecule has 0 saturated heterocycles. The molecule has 0 aliphatic rings. The molecule has 5 nitrogen and oxygen atoms in total. The smallest absolute Gasteiger partial charge is 0.335 e. The zero-order valence-corrected chi connectivity index (χ0v) is 10.7. The SMILES string of the molecule is CSc1cc(Nc2ccc(C(=O)O)cc2F)ncn1. The Kier molecular flexibility index (Phi) is 3.96. The summed E-state index contributed by atoms with van der Waals surface area (Å²) in [5.74, 6) is -1.37. The molecule has 0 radical (unpaired) electrons. The summed E-state index contributed by atoms with van der Waals surface area (Å²) in [6.45, 7) is 0. The molecule has 1 aromatic carbocycles. The van der Waals surface area contributed by atoms with Crippen LogP contribution in [0.3, 0.4) is 0 Å². The lowest BCUT2D eigenvalue weighted by molar-refractivity contribution is 0.0696. The van der Waals surface area contributed by atoms with Gasteiger partial charge in [-0.1, -0.05) is 0 Å². The molecule has 1 aromatic heterocycles. The number of carboxylic acid groups (broad SMARTS) is 1. The van der Waals surface area contributed by atoms with Crippen LogP contribution in [0.2, 0.25) is 0 Å². The van der Waals surface area contributed by atoms with Gasteiger partial charge in [-0.3, -0.25) is 0 Å². The highest BCUT2D eigenvalue weighted by molar-refractivity contribution is 7.98. The summed E-state index contributed by atoms with van der Waals surface area (Å²) in [6.07, 6.45) is 3.24. The molecule has 0 bridgehead atoms. The maximum atomic E-state index is 13.7. The fraction of sp³-hybridized carbons (Fsp3) is 0.0833. The van der Waals surface area contributed by atoms with Crippen molar-refractivity contribution >= 4 is 29.2 Å². The van der Waals surface area contributed by atoms with Crippen molar-refractivity contribution in [2.45, 2.75) is 5.03 Å². The molecular formula is C12H10FN3O2S. The van der Waals surface area contributed by atoms with Gasteiger partial charge in [-0.05, 0) is 24.5 Å². The normalized spacial score (nSPS) is 10.2. The minimum atomic E-state index is -1.17. The average Bonchev–Trinajstić information content (AvgIpc) is 2.41. The highest BCUT2D eigenvalue weighted by Gasteiger charge is 2.09. The molecule has 0 unspecified atom stereocenters. The van der Waals surface area contributed by atoms with Crippen molar-refractivity contribution in [3.8, 4) is 0 Å². The lowest BCUT2D eigenvalue weighted by atomic mass is 10.2. The first-order valence-electron chi connectivity index (χ1n) is 5.26. The van der Waals surface area contributed by atoms with Crippen molar-refractivity contribution in [3.63, 3.8) is 0 Å². The number of anilines is 2. The van der Waals surface area contributed by atoms with Crippen molar-refractivity contribution in [3.05, 3.63) is 42.0 Å². The fourth-order valence-electron chi connectivity index (χ4n) is 1.41. The van der Waals surface area contributed by atoms with E-state index in [1.165, 1.54) is 30.2 Å². The van der Waals surface area contributed by atoms with Gasteiger partial charge in [0.15, 0.2) is 0 Å². The van der Waals surface area contributed by atoms with Gasteiger partial charge in [0.2, 0.25) is 0 Å². The minimum absolute atomic E-state index is 0.101. The van der Waals surface area contributed by atoms with Crippen LogP contribution in [-0.2, 0) is 0 Å². The Morgan fingerprint density at radius 3 is 2.79 bits per heavy atom. The van der Waals surface area contributed by atoms with E-state index < -0.39 is 11.8 Å². The van der Waals surface area contributed by atoms with Crippen LogP contribution in [0.5, 0.6) is 0 Å². The van der Waals surface area contributed by atoms with Gasteiger partial charge in [0.1, 0.15) is 23.0 Å². The lowest BCUT2D eigenvalue weighted by Crippen LogP contribution is -2.01. The summed E-state index contributed by atoms with van der Waals surface area (Å²) in [5.41, 5.74) is 0.0614. The highest BCUT2D eigenvalue weighted by atomic mass is 32.2. The Labute approximate surface area is 112 Å². The molecule has 0 saturated carbocycles. The number of halogens is 1. The first kappa shape index (κ1) is 13.3. The molecule has 0 aliphatic carbocycles. The Balaban J connectivity index is 2.25. The summed E-state index contributed by atoms with van der Waals surface area (Å²) in [5, 5.41) is 12.3. The van der Waals surface area contributed by atoms with E-state index in [9.17, 15) is 9.18 Å². The predicted octanol–water partition coefficient (Wildman–Crippen LogP) is 2.78. The second kappa shape index (κ2) is 5.66. The molecule has 2 rings (SSSR count). The summed E-state index contributed by atoms with van der Waals surface area (Å²) in [7, 11) is 0. The van der Waals surface area contributed by atoms with E-state index in [1.807, 2.05) is 6.26 Å². The largest absolute Gasteiger partial charge is 0.478 e. The summed E-state index contributed by atoms with van der Waals surface area (Å²) in [4.78, 5) is 18.7. The number of aromatic nitrogens is 2. The van der Waals surface area contributed by atoms with E-state index in [1.54, 1.807) is 6.07 Å². The van der Waals surface area contributed by atoms with Crippen LogP contribution < -0.4 is 5.32 Å². The first-order chi connectivity index (χ1) is 9.10. The van der Waals surface area contributed by atoms with Crippen LogP contribution >= 0.6 is 11.8 Å². The number of aromatic carboxylic acids is 1. The third kappa shape index (κ3) is 3.19. The van der Waals surface area contributed by atoms with Gasteiger partial charge < -0.3 is 10.4 Å². The van der Waals surface area contributed by atoms with Crippen molar-refractivity contribution in [1.29, 1.82) is 0 Å². The second-order valence-electron chi connectivity index (χ2n) is 3.57. The van der Waals surface area contributed by atoms with Gasteiger partial charge in [0.25, 0.3) is 0 Å². The van der Waals surface area contributed by atoms with E-state index in [2.05, 4.69) is 15.3 Å². The topological polar surface area (TPSA) is 75.1 Å². The Hall–Kier alpha value is -2.15. The first-order valence-corrected chi connectivity index (χ1v) is 6.48. The molecule has 19 heavy (non-hydrogen) atoms. The Bertz CT molecular complexity index is 622. The van der Waals surface area contributed by atoms with Gasteiger partial charge >= 0.3 is 5.97 Å². The third-order valence-electron chi connectivity index (χ3n) is 2.33. The standard InChI is InChI=1S/C12H10FN3O2S/c1-19-11-5-10(14-6-15-11)16-9-3-2-7(12(17)18)4-8(9)13/h2-6H,1H3,(H,17,18)(H,14,15,16). The molecule has 98 valence electrons. The number of benzene rings is 1. The quantitative estimate of drug-likeness (QED) is 0.662. The van der Waals surface area contributed by atoms with Crippen LogP contribution in [0.15, 0.2) is 35.6 Å². The van der Waals surface area contributed by atoms with Gasteiger partial charge in [0, 0.05) is 6.07 Å². The van der Waals surface area contributed by atoms with E-state index >= 15 is 0 Å². The van der Waals surface area contributed by atoms with Crippen LogP contribution in [0.4, 0.5) is 15.9 Å². The van der Waals surface area contributed by atoms with Crippen molar-refractivity contribution in [2.75, 3.05) is 11.6 Å². The molecule has 0 spiro atoms. The monoisotopic (exact) mass is 279 g/mol. The van der Waals surface area contributed by atoms with Crippen LogP contribution in [-0.4, -0.2) is 27.3 Å². The summed E-state index contributed by atoms with van der Waals surface area (Å²) >= 11 is 1.44. The molecular weight excluding hydrogens is 269 g/mol. The number of thioether (sulfide) groups is 1. The number of hydrogen-bond donors (Lipinski definition) is 2. The molecule has 0 amide bonds. The third-order valence-corrected chi connectivity index (χ3v) is 2.97. The molecule has 7 heteroatoms. The van der Waals surface area contributed by atoms with Crippen LogP contribution in [0, 0.1) is 5.82 Å². The highest BCUT2D eigenvalue weighted by Crippen LogP contribution is 2.21. The second-order valence-corrected chi connectivity index (χ2v) is 4.40. The molecule has 1 heterocycles. The molecule has 2 N–H and O–H groups in total. The number of rotatable bonds is 4. The number of carboxylic acids is 1. The van der Waals surface area contributed by atoms with E-state index in [0.29, 0.717) is 5.82 Å².